The molecule has 8 nitrogen and oxygen atoms in total. The maximum absolute atomic E-state index is 13.9. The number of hydrogen-bond donors (Lipinski definition) is 3. The molecule has 3 aliphatic rings. The first-order valence-corrected chi connectivity index (χ1v) is 13.3. The lowest BCUT2D eigenvalue weighted by molar-refractivity contribution is -0.141. The number of hydrogen-bond acceptors (Lipinski definition) is 5. The molecule has 3 aliphatic heterocycles. The molecule has 37 heavy (non-hydrogen) atoms. The average Bonchev–Trinajstić information content (AvgIpc) is 3.54. The molecule has 2 aromatic rings. The lowest BCUT2D eigenvalue weighted by Crippen LogP contribution is -2.53. The summed E-state index contributed by atoms with van der Waals surface area (Å²) in [6.07, 6.45) is 2.72. The molecule has 3 heterocycles. The molecule has 196 valence electrons. The summed E-state index contributed by atoms with van der Waals surface area (Å²) in [4.78, 5) is 42.6. The third-order valence-electron chi connectivity index (χ3n) is 7.85. The summed E-state index contributed by atoms with van der Waals surface area (Å²) < 4.78 is 6.44. The molecule has 3 saturated heterocycles. The molecule has 0 aromatic heterocycles. The first kappa shape index (κ1) is 25.7. The van der Waals surface area contributed by atoms with E-state index in [1.54, 1.807) is 29.2 Å². The molecule has 0 aliphatic carbocycles. The Morgan fingerprint density at radius 3 is 2.57 bits per heavy atom. The lowest BCUT2D eigenvalue weighted by atomic mass is 9.70. The number of aliphatic hydroxyl groups is 1. The van der Waals surface area contributed by atoms with Gasteiger partial charge in [0.15, 0.2) is 0 Å². The van der Waals surface area contributed by atoms with Crippen LogP contribution in [-0.4, -0.2) is 58.6 Å². The summed E-state index contributed by atoms with van der Waals surface area (Å²) in [5, 5.41) is 15.5. The predicted octanol–water partition coefficient (Wildman–Crippen LogP) is 3.13. The standard InChI is InChI=1S/C28H32ClN3O5/c29-19-11-5-6-12-20(19)31-26(35)24-28-14-13-21(37-28)22(25(34)30-17-18-9-3-1-4-10-18)23(28)27(36)32(24)15-7-2-8-16-33/h1,3-6,9-12,21-24,33H,2,7-8,13-17H2,(H,30,34)(H,31,35)/t21-,22+,23-,24?,28?/m0/s1. The van der Waals surface area contributed by atoms with Crippen LogP contribution in [0.2, 0.25) is 5.02 Å². The Balaban J connectivity index is 1.40. The number of nitrogens with zero attached hydrogens (tertiary/aromatic N) is 1. The number of para-hydroxylation sites is 1. The highest BCUT2D eigenvalue weighted by molar-refractivity contribution is 6.33. The zero-order valence-corrected chi connectivity index (χ0v) is 21.3. The van der Waals surface area contributed by atoms with Crippen LogP contribution in [0, 0.1) is 11.8 Å². The summed E-state index contributed by atoms with van der Waals surface area (Å²) in [5.41, 5.74) is 0.375. The summed E-state index contributed by atoms with van der Waals surface area (Å²) in [5.74, 6) is -2.17. The third-order valence-corrected chi connectivity index (χ3v) is 8.18. The molecule has 5 atom stereocenters. The number of ether oxygens (including phenoxy) is 1. The smallest absolute Gasteiger partial charge is 0.250 e. The number of unbranched alkanes of at least 4 members (excludes halogenated alkanes) is 2. The van der Waals surface area contributed by atoms with Crippen molar-refractivity contribution in [1.82, 2.24) is 10.2 Å². The van der Waals surface area contributed by atoms with E-state index in [9.17, 15) is 14.4 Å². The Morgan fingerprint density at radius 1 is 1.05 bits per heavy atom. The first-order valence-electron chi connectivity index (χ1n) is 12.9. The molecule has 2 aromatic carbocycles. The van der Waals surface area contributed by atoms with Crippen LogP contribution in [0.3, 0.4) is 0 Å². The van der Waals surface area contributed by atoms with E-state index >= 15 is 0 Å². The number of benzene rings is 2. The van der Waals surface area contributed by atoms with E-state index in [4.69, 9.17) is 21.4 Å². The van der Waals surface area contributed by atoms with Crippen LogP contribution in [0.1, 0.15) is 37.7 Å². The number of carbonyl (C=O) groups excluding carboxylic acids is 3. The maximum Gasteiger partial charge on any atom is 0.250 e. The van der Waals surface area contributed by atoms with Crippen molar-refractivity contribution in [1.29, 1.82) is 0 Å². The van der Waals surface area contributed by atoms with Crippen LogP contribution in [0.25, 0.3) is 0 Å². The van der Waals surface area contributed by atoms with Crippen LogP contribution in [-0.2, 0) is 25.7 Å². The summed E-state index contributed by atoms with van der Waals surface area (Å²) in [6.45, 7) is 0.785. The molecule has 3 fully saturated rings. The molecule has 1 spiro atoms. The van der Waals surface area contributed by atoms with Gasteiger partial charge in [-0.25, -0.2) is 0 Å². The molecule has 3 N–H and O–H groups in total. The highest BCUT2D eigenvalue weighted by Gasteiger charge is 2.74. The minimum atomic E-state index is -1.06. The number of carbonyl (C=O) groups is 3. The van der Waals surface area contributed by atoms with E-state index in [0.29, 0.717) is 49.5 Å². The van der Waals surface area contributed by atoms with E-state index in [0.717, 1.165) is 12.0 Å². The molecular formula is C28H32ClN3O5. The zero-order chi connectivity index (χ0) is 26.0. The fourth-order valence-electron chi connectivity index (χ4n) is 6.23. The minimum Gasteiger partial charge on any atom is -0.396 e. The van der Waals surface area contributed by atoms with E-state index in [1.807, 2.05) is 30.3 Å². The van der Waals surface area contributed by atoms with Gasteiger partial charge in [0.2, 0.25) is 17.7 Å². The molecule has 2 unspecified atom stereocenters. The average molecular weight is 526 g/mol. The van der Waals surface area contributed by atoms with Gasteiger partial charge >= 0.3 is 0 Å². The Bertz CT molecular complexity index is 1160. The number of likely N-dealkylation sites (tertiary alicyclic amines) is 1. The van der Waals surface area contributed by atoms with E-state index in [-0.39, 0.29) is 24.3 Å². The second-order valence-corrected chi connectivity index (χ2v) is 10.5. The number of amides is 3. The lowest BCUT2D eigenvalue weighted by Gasteiger charge is -2.33. The van der Waals surface area contributed by atoms with Crippen molar-refractivity contribution in [3.63, 3.8) is 0 Å². The van der Waals surface area contributed by atoms with Crippen molar-refractivity contribution >= 4 is 35.0 Å². The van der Waals surface area contributed by atoms with Gasteiger partial charge in [-0.05, 0) is 49.8 Å². The number of rotatable bonds is 10. The van der Waals surface area contributed by atoms with Crippen LogP contribution in [0.15, 0.2) is 54.6 Å². The second kappa shape index (κ2) is 10.8. The number of fused-ring (bicyclic) bond motifs is 1. The molecule has 0 saturated carbocycles. The Morgan fingerprint density at radius 2 is 1.81 bits per heavy atom. The molecule has 2 bridgehead atoms. The fourth-order valence-corrected chi connectivity index (χ4v) is 6.41. The van der Waals surface area contributed by atoms with Crippen molar-refractivity contribution in [3.8, 4) is 0 Å². The normalized spacial score (nSPS) is 27.8. The predicted molar refractivity (Wildman–Crippen MR) is 139 cm³/mol. The van der Waals surface area contributed by atoms with Gasteiger partial charge in [0.05, 0.1) is 28.6 Å². The van der Waals surface area contributed by atoms with Gasteiger partial charge in [-0.2, -0.15) is 0 Å². The van der Waals surface area contributed by atoms with E-state index in [2.05, 4.69) is 10.6 Å². The van der Waals surface area contributed by atoms with Gasteiger partial charge in [-0.1, -0.05) is 54.1 Å². The third kappa shape index (κ3) is 4.74. The van der Waals surface area contributed by atoms with Gasteiger partial charge < -0.3 is 25.4 Å². The molecule has 9 heteroatoms. The number of anilines is 1. The SMILES string of the molecule is O=C(Nc1ccccc1Cl)C1N(CCCCCO)C(=O)[C@@H]2[C@H](C(=O)NCc3ccccc3)[C@@H]3CCC12O3. The topological polar surface area (TPSA) is 108 Å². The molecule has 5 rings (SSSR count). The van der Waals surface area contributed by atoms with Crippen molar-refractivity contribution in [2.45, 2.75) is 56.4 Å². The summed E-state index contributed by atoms with van der Waals surface area (Å²) in [6, 6.07) is 15.7. The van der Waals surface area contributed by atoms with Gasteiger partial charge in [-0.15, -0.1) is 0 Å². The van der Waals surface area contributed by atoms with Gasteiger partial charge in [0.1, 0.15) is 11.6 Å². The molecule has 0 radical (unpaired) electrons. The quantitative estimate of drug-likeness (QED) is 0.413. The highest BCUT2D eigenvalue weighted by atomic mass is 35.5. The van der Waals surface area contributed by atoms with E-state index < -0.39 is 29.6 Å². The summed E-state index contributed by atoms with van der Waals surface area (Å²) in [7, 11) is 0. The second-order valence-electron chi connectivity index (χ2n) is 10.0. The van der Waals surface area contributed by atoms with Crippen molar-refractivity contribution < 1.29 is 24.2 Å². The van der Waals surface area contributed by atoms with Crippen LogP contribution in [0.4, 0.5) is 5.69 Å². The Kier molecular flexibility index (Phi) is 7.51. The van der Waals surface area contributed by atoms with Crippen molar-refractivity contribution in [3.05, 3.63) is 65.2 Å². The van der Waals surface area contributed by atoms with Gasteiger partial charge in [-0.3, -0.25) is 14.4 Å². The Hall–Kier alpha value is -2.94. The monoisotopic (exact) mass is 525 g/mol. The van der Waals surface area contributed by atoms with Crippen LogP contribution in [0.5, 0.6) is 0 Å². The van der Waals surface area contributed by atoms with Gasteiger partial charge in [0.25, 0.3) is 0 Å². The summed E-state index contributed by atoms with van der Waals surface area (Å²) >= 11 is 6.29. The van der Waals surface area contributed by atoms with E-state index in [1.165, 1.54) is 0 Å². The number of halogens is 1. The van der Waals surface area contributed by atoms with Crippen molar-refractivity contribution in [2.24, 2.45) is 11.8 Å². The fraction of sp³-hybridized carbons (Fsp3) is 0.464. The highest BCUT2D eigenvalue weighted by Crippen LogP contribution is 2.58. The number of nitrogens with one attached hydrogen (secondary N) is 2. The largest absolute Gasteiger partial charge is 0.396 e. The first-order chi connectivity index (χ1) is 18.0. The van der Waals surface area contributed by atoms with Crippen molar-refractivity contribution in [2.75, 3.05) is 18.5 Å². The molecular weight excluding hydrogens is 494 g/mol. The van der Waals surface area contributed by atoms with Crippen LogP contribution < -0.4 is 10.6 Å². The van der Waals surface area contributed by atoms with Gasteiger partial charge in [0, 0.05) is 19.7 Å². The zero-order valence-electron chi connectivity index (χ0n) is 20.6. The maximum atomic E-state index is 13.9. The van der Waals surface area contributed by atoms with Crippen LogP contribution >= 0.6 is 11.6 Å². The minimum absolute atomic E-state index is 0.0748. The number of aliphatic hydroxyl groups excluding tert-OH is 1. The Labute approximate surface area is 221 Å². The molecule has 3 amide bonds.